The highest BCUT2D eigenvalue weighted by Gasteiger charge is 2.30. The van der Waals surface area contributed by atoms with Gasteiger partial charge in [0.25, 0.3) is 0 Å². The number of methoxy groups -OCH3 is 1. The molecule has 1 aromatic heterocycles. The summed E-state index contributed by atoms with van der Waals surface area (Å²) in [5, 5.41) is 4.82. The maximum atomic E-state index is 12.0. The normalized spacial score (nSPS) is 11.5. The van der Waals surface area contributed by atoms with E-state index in [1.54, 1.807) is 13.8 Å². The van der Waals surface area contributed by atoms with E-state index < -0.39 is 11.6 Å². The number of aromatic nitrogens is 2. The van der Waals surface area contributed by atoms with E-state index in [0.717, 1.165) is 34.0 Å². The molecule has 0 saturated carbocycles. The molecule has 0 aliphatic carbocycles. The van der Waals surface area contributed by atoms with Gasteiger partial charge in [-0.25, -0.2) is 4.79 Å². The van der Waals surface area contributed by atoms with Crippen molar-refractivity contribution in [2.45, 2.75) is 46.4 Å². The van der Waals surface area contributed by atoms with Gasteiger partial charge in [0.2, 0.25) is 0 Å². The molecular formula is C28H37N3O4. The third-order valence-corrected chi connectivity index (χ3v) is 5.59. The van der Waals surface area contributed by atoms with Crippen molar-refractivity contribution in [3.8, 4) is 17.0 Å². The summed E-state index contributed by atoms with van der Waals surface area (Å²) < 4.78 is 18.6. The van der Waals surface area contributed by atoms with E-state index >= 15 is 0 Å². The van der Waals surface area contributed by atoms with E-state index in [1.165, 1.54) is 7.11 Å². The number of anilines is 1. The van der Waals surface area contributed by atoms with Gasteiger partial charge in [0.1, 0.15) is 5.75 Å². The number of carbonyl (C=O) groups is 1. The Morgan fingerprint density at radius 1 is 1.09 bits per heavy atom. The Hall–Kier alpha value is -3.32. The van der Waals surface area contributed by atoms with Crippen LogP contribution in [0.4, 0.5) is 5.69 Å². The van der Waals surface area contributed by atoms with Crippen molar-refractivity contribution in [1.29, 1.82) is 0 Å². The zero-order valence-electron chi connectivity index (χ0n) is 21.9. The fourth-order valence-electron chi connectivity index (χ4n) is 3.53. The molecule has 3 aromatic rings. The number of rotatable bonds is 11. The van der Waals surface area contributed by atoms with Crippen molar-refractivity contribution in [2.75, 3.05) is 32.7 Å². The van der Waals surface area contributed by atoms with Gasteiger partial charge < -0.3 is 19.1 Å². The minimum atomic E-state index is -1.06. The lowest BCUT2D eigenvalue weighted by Gasteiger charge is -2.21. The molecule has 1 heterocycles. The number of esters is 1. The highest BCUT2D eigenvalue weighted by molar-refractivity contribution is 5.78. The molecule has 3 rings (SSSR count). The minimum Gasteiger partial charge on any atom is -0.493 e. The Morgan fingerprint density at radius 2 is 1.80 bits per heavy atom. The summed E-state index contributed by atoms with van der Waals surface area (Å²) in [7, 11) is 5.41. The van der Waals surface area contributed by atoms with Crippen LogP contribution in [0.5, 0.6) is 5.75 Å². The summed E-state index contributed by atoms with van der Waals surface area (Å²) in [4.78, 5) is 14.1. The van der Waals surface area contributed by atoms with Gasteiger partial charge in [0.05, 0.1) is 38.3 Å². The van der Waals surface area contributed by atoms with Gasteiger partial charge in [-0.2, -0.15) is 5.10 Å². The number of benzene rings is 2. The number of ether oxygens (including phenoxy) is 3. The molecule has 7 heteroatoms. The quantitative estimate of drug-likeness (QED) is 0.354. The van der Waals surface area contributed by atoms with Crippen LogP contribution in [0.3, 0.4) is 0 Å². The lowest BCUT2D eigenvalue weighted by molar-refractivity contribution is -0.166. The van der Waals surface area contributed by atoms with Gasteiger partial charge in [-0.3, -0.25) is 4.68 Å². The predicted molar refractivity (Wildman–Crippen MR) is 139 cm³/mol. The van der Waals surface area contributed by atoms with Crippen molar-refractivity contribution in [3.63, 3.8) is 0 Å². The summed E-state index contributed by atoms with van der Waals surface area (Å²) in [6.45, 7) is 9.08. The molecule has 0 atom stereocenters. The molecule has 0 bridgehead atoms. The number of nitrogens with zero attached hydrogens (tertiary/aromatic N) is 3. The van der Waals surface area contributed by atoms with E-state index in [4.69, 9.17) is 19.3 Å². The second-order valence-electron chi connectivity index (χ2n) is 9.76. The largest absolute Gasteiger partial charge is 0.493 e. The molecule has 35 heavy (non-hydrogen) atoms. The fraction of sp³-hybridized carbons (Fsp3) is 0.429. The molecule has 0 radical (unpaired) electrons. The van der Waals surface area contributed by atoms with Crippen LogP contribution >= 0.6 is 0 Å². The molecule has 0 fully saturated rings. The summed E-state index contributed by atoms with van der Waals surface area (Å²) in [6, 6.07) is 18.5. The van der Waals surface area contributed by atoms with Crippen molar-refractivity contribution < 1.29 is 19.0 Å². The van der Waals surface area contributed by atoms with E-state index in [0.29, 0.717) is 19.1 Å². The van der Waals surface area contributed by atoms with Gasteiger partial charge in [-0.1, -0.05) is 38.1 Å². The van der Waals surface area contributed by atoms with Gasteiger partial charge in [-0.15, -0.1) is 0 Å². The highest BCUT2D eigenvalue weighted by atomic mass is 16.6. The van der Waals surface area contributed by atoms with E-state index in [9.17, 15) is 4.79 Å². The smallest absolute Gasteiger partial charge is 0.337 e. The zero-order valence-corrected chi connectivity index (χ0v) is 21.9. The zero-order chi connectivity index (χ0) is 25.6. The van der Waals surface area contributed by atoms with Gasteiger partial charge >= 0.3 is 5.97 Å². The van der Waals surface area contributed by atoms with Crippen LogP contribution in [0.1, 0.15) is 39.0 Å². The molecule has 0 aliphatic rings. The molecular weight excluding hydrogens is 442 g/mol. The van der Waals surface area contributed by atoms with Crippen LogP contribution < -0.4 is 9.64 Å². The van der Waals surface area contributed by atoms with Gasteiger partial charge in [-0.05, 0) is 55.7 Å². The third-order valence-electron chi connectivity index (χ3n) is 5.59. The Kier molecular flexibility index (Phi) is 8.57. The van der Waals surface area contributed by atoms with Crippen molar-refractivity contribution in [3.05, 3.63) is 65.9 Å². The second kappa shape index (κ2) is 11.4. The first-order valence-electron chi connectivity index (χ1n) is 11.9. The van der Waals surface area contributed by atoms with Crippen LogP contribution in [-0.2, 0) is 27.4 Å². The SMILES string of the molecule is COC(=O)C(C)(C)OCc1cc(-c2cccc(OCC(C)C)c2)n(Cc2ccc(N(C)C)cc2)n1. The van der Waals surface area contributed by atoms with E-state index in [1.807, 2.05) is 49.1 Å². The van der Waals surface area contributed by atoms with Crippen LogP contribution in [0.25, 0.3) is 11.3 Å². The maximum Gasteiger partial charge on any atom is 0.337 e. The maximum absolute atomic E-state index is 12.0. The predicted octanol–water partition coefficient (Wildman–Crippen LogP) is 5.17. The van der Waals surface area contributed by atoms with Gasteiger partial charge in [0.15, 0.2) is 5.60 Å². The monoisotopic (exact) mass is 479 g/mol. The Labute approximate surface area is 208 Å². The Morgan fingerprint density at radius 3 is 2.43 bits per heavy atom. The van der Waals surface area contributed by atoms with E-state index in [-0.39, 0.29) is 6.61 Å². The van der Waals surface area contributed by atoms with Gasteiger partial charge in [0, 0.05) is 25.3 Å². The fourth-order valence-corrected chi connectivity index (χ4v) is 3.53. The summed E-state index contributed by atoms with van der Waals surface area (Å²) >= 11 is 0. The Balaban J connectivity index is 1.91. The second-order valence-corrected chi connectivity index (χ2v) is 9.76. The summed E-state index contributed by atoms with van der Waals surface area (Å²) in [5.41, 5.74) is 3.90. The molecule has 188 valence electrons. The summed E-state index contributed by atoms with van der Waals surface area (Å²) in [5.74, 6) is 0.841. The van der Waals surface area contributed by atoms with Crippen LogP contribution in [0.15, 0.2) is 54.6 Å². The molecule has 0 unspecified atom stereocenters. The molecule has 0 saturated heterocycles. The lowest BCUT2D eigenvalue weighted by atomic mass is 10.1. The van der Waals surface area contributed by atoms with Crippen LogP contribution in [0, 0.1) is 5.92 Å². The van der Waals surface area contributed by atoms with Crippen molar-refractivity contribution in [1.82, 2.24) is 9.78 Å². The first kappa shape index (κ1) is 26.3. The molecule has 2 aromatic carbocycles. The van der Waals surface area contributed by atoms with E-state index in [2.05, 4.69) is 43.0 Å². The lowest BCUT2D eigenvalue weighted by Crippen LogP contribution is -2.35. The molecule has 0 spiro atoms. The Bertz CT molecular complexity index is 1120. The topological polar surface area (TPSA) is 65.8 Å². The summed E-state index contributed by atoms with van der Waals surface area (Å²) in [6.07, 6.45) is 0. The minimum absolute atomic E-state index is 0.186. The number of hydrogen-bond donors (Lipinski definition) is 0. The standard InChI is InChI=1S/C28H37N3O4/c1-20(2)18-34-25-10-8-9-22(15-25)26-16-23(19-35-28(3,4)27(32)33-7)29-31(26)17-21-11-13-24(14-12-21)30(5)6/h8-16,20H,17-19H2,1-7H3. The average molecular weight is 480 g/mol. The van der Waals surface area contributed by atoms with Crippen molar-refractivity contribution in [2.24, 2.45) is 5.92 Å². The molecule has 0 N–H and O–H groups in total. The van der Waals surface area contributed by atoms with Crippen LogP contribution in [0.2, 0.25) is 0 Å². The number of carbonyl (C=O) groups excluding carboxylic acids is 1. The van der Waals surface area contributed by atoms with Crippen molar-refractivity contribution >= 4 is 11.7 Å². The molecule has 0 aliphatic heterocycles. The first-order chi connectivity index (χ1) is 16.6. The average Bonchev–Trinajstić information content (AvgIpc) is 3.24. The highest BCUT2D eigenvalue weighted by Crippen LogP contribution is 2.27. The molecule has 7 nitrogen and oxygen atoms in total. The van der Waals surface area contributed by atoms with Crippen LogP contribution in [-0.4, -0.2) is 49.2 Å². The third kappa shape index (κ3) is 7.09. The number of hydrogen-bond acceptors (Lipinski definition) is 6. The molecule has 0 amide bonds. The first-order valence-corrected chi connectivity index (χ1v) is 11.9.